The number of aromatic nitrogens is 3. The molecule has 0 aliphatic rings. The summed E-state index contributed by atoms with van der Waals surface area (Å²) >= 11 is 0. The molecule has 1 aromatic heterocycles. The van der Waals surface area contributed by atoms with Gasteiger partial charge in [-0.15, -0.1) is 5.10 Å². The Labute approximate surface area is 102 Å². The first-order chi connectivity index (χ1) is 7.91. The van der Waals surface area contributed by atoms with E-state index < -0.39 is 6.04 Å². The van der Waals surface area contributed by atoms with E-state index >= 15 is 0 Å². The van der Waals surface area contributed by atoms with Gasteiger partial charge in [-0.05, 0) is 11.8 Å². The highest BCUT2D eigenvalue weighted by Crippen LogP contribution is 2.16. The minimum atomic E-state index is -0.478. The van der Waals surface area contributed by atoms with Crippen LogP contribution in [0.15, 0.2) is 12.4 Å². The second-order valence-corrected chi connectivity index (χ2v) is 5.15. The first kappa shape index (κ1) is 13.6. The van der Waals surface area contributed by atoms with Crippen LogP contribution < -0.4 is 11.1 Å². The van der Waals surface area contributed by atoms with Gasteiger partial charge in [-0.3, -0.25) is 9.48 Å². The van der Waals surface area contributed by atoms with E-state index in [0.717, 1.165) is 13.0 Å². The molecule has 17 heavy (non-hydrogen) atoms. The predicted octanol–water partition coefficient (Wildman–Crippen LogP) is 0.158. The summed E-state index contributed by atoms with van der Waals surface area (Å²) in [7, 11) is 0. The second-order valence-electron chi connectivity index (χ2n) is 5.15. The number of amides is 1. The maximum Gasteiger partial charge on any atom is 0.237 e. The maximum absolute atomic E-state index is 11.7. The molecular formula is C11H21N5O. The molecule has 1 atom stereocenters. The van der Waals surface area contributed by atoms with Crippen molar-refractivity contribution >= 4 is 5.91 Å². The van der Waals surface area contributed by atoms with Gasteiger partial charge in [0.1, 0.15) is 0 Å². The fourth-order valence-corrected chi connectivity index (χ4v) is 1.31. The summed E-state index contributed by atoms with van der Waals surface area (Å²) in [5.74, 6) is -0.101. The third kappa shape index (κ3) is 4.52. The average molecular weight is 239 g/mol. The highest BCUT2D eigenvalue weighted by molar-refractivity contribution is 5.82. The SMILES string of the molecule is CC(C)(C)[C@H](N)C(=O)NCCCn1ccnn1. The average Bonchev–Trinajstić information content (AvgIpc) is 2.74. The summed E-state index contributed by atoms with van der Waals surface area (Å²) < 4.78 is 1.73. The number of carbonyl (C=O) groups excluding carboxylic acids is 1. The number of hydrogen-bond acceptors (Lipinski definition) is 4. The quantitative estimate of drug-likeness (QED) is 0.717. The molecule has 0 saturated carbocycles. The Hall–Kier alpha value is -1.43. The lowest BCUT2D eigenvalue weighted by Crippen LogP contribution is -2.48. The Kier molecular flexibility index (Phi) is 4.62. The third-order valence-electron chi connectivity index (χ3n) is 2.55. The number of nitrogens with two attached hydrogens (primary N) is 1. The first-order valence-electron chi connectivity index (χ1n) is 5.78. The molecular weight excluding hydrogens is 218 g/mol. The van der Waals surface area contributed by atoms with Gasteiger partial charge >= 0.3 is 0 Å². The van der Waals surface area contributed by atoms with Crippen molar-refractivity contribution in [2.24, 2.45) is 11.1 Å². The molecule has 6 heteroatoms. The highest BCUT2D eigenvalue weighted by atomic mass is 16.2. The lowest BCUT2D eigenvalue weighted by atomic mass is 9.87. The molecule has 0 radical (unpaired) electrons. The summed E-state index contributed by atoms with van der Waals surface area (Å²) in [6, 6.07) is -0.478. The van der Waals surface area contributed by atoms with Gasteiger partial charge in [-0.1, -0.05) is 26.0 Å². The van der Waals surface area contributed by atoms with Crippen LogP contribution in [0.3, 0.4) is 0 Å². The van der Waals surface area contributed by atoms with E-state index in [0.29, 0.717) is 6.54 Å². The van der Waals surface area contributed by atoms with Crippen LogP contribution in [-0.4, -0.2) is 33.5 Å². The summed E-state index contributed by atoms with van der Waals surface area (Å²) in [6.07, 6.45) is 4.24. The minimum absolute atomic E-state index is 0.101. The van der Waals surface area contributed by atoms with E-state index in [-0.39, 0.29) is 11.3 Å². The zero-order valence-electron chi connectivity index (χ0n) is 10.7. The first-order valence-corrected chi connectivity index (χ1v) is 5.78. The molecule has 6 nitrogen and oxygen atoms in total. The molecule has 0 fully saturated rings. The van der Waals surface area contributed by atoms with Gasteiger partial charge < -0.3 is 11.1 Å². The molecule has 1 heterocycles. The van der Waals surface area contributed by atoms with Crippen molar-refractivity contribution in [3.05, 3.63) is 12.4 Å². The molecule has 1 amide bonds. The Balaban J connectivity index is 2.20. The van der Waals surface area contributed by atoms with Crippen molar-refractivity contribution in [3.63, 3.8) is 0 Å². The van der Waals surface area contributed by atoms with Crippen molar-refractivity contribution in [1.82, 2.24) is 20.3 Å². The molecule has 1 rings (SSSR count). The van der Waals surface area contributed by atoms with Crippen LogP contribution in [0, 0.1) is 5.41 Å². The van der Waals surface area contributed by atoms with Crippen molar-refractivity contribution < 1.29 is 4.79 Å². The van der Waals surface area contributed by atoms with Crippen LogP contribution in [0.4, 0.5) is 0 Å². The van der Waals surface area contributed by atoms with Gasteiger partial charge in [0.05, 0.1) is 12.2 Å². The molecule has 0 spiro atoms. The molecule has 0 unspecified atom stereocenters. The van der Waals surface area contributed by atoms with Crippen LogP contribution in [0.25, 0.3) is 0 Å². The Morgan fingerprint density at radius 2 is 2.24 bits per heavy atom. The van der Waals surface area contributed by atoms with Gasteiger partial charge in [-0.25, -0.2) is 0 Å². The van der Waals surface area contributed by atoms with Crippen LogP contribution in [-0.2, 0) is 11.3 Å². The summed E-state index contributed by atoms with van der Waals surface area (Å²) in [5.41, 5.74) is 5.62. The van der Waals surface area contributed by atoms with Gasteiger partial charge in [0.25, 0.3) is 0 Å². The molecule has 0 aliphatic carbocycles. The van der Waals surface area contributed by atoms with Crippen LogP contribution >= 0.6 is 0 Å². The van der Waals surface area contributed by atoms with Crippen molar-refractivity contribution in [2.45, 2.75) is 39.8 Å². The monoisotopic (exact) mass is 239 g/mol. The van der Waals surface area contributed by atoms with E-state index in [2.05, 4.69) is 15.6 Å². The fraction of sp³-hybridized carbons (Fsp3) is 0.727. The minimum Gasteiger partial charge on any atom is -0.355 e. The standard InChI is InChI=1S/C11H21N5O/c1-11(2,3)9(12)10(17)13-5-4-7-16-8-6-14-15-16/h6,8-9H,4-5,7,12H2,1-3H3,(H,13,17)/t9-/m1/s1. The van der Waals surface area contributed by atoms with Gasteiger partial charge in [0, 0.05) is 19.3 Å². The Bertz CT molecular complexity index is 341. The zero-order chi connectivity index (χ0) is 12.9. The van der Waals surface area contributed by atoms with E-state index in [1.807, 2.05) is 20.8 Å². The van der Waals surface area contributed by atoms with Crippen LogP contribution in [0.5, 0.6) is 0 Å². The molecule has 1 aromatic rings. The smallest absolute Gasteiger partial charge is 0.237 e. The largest absolute Gasteiger partial charge is 0.355 e. The molecule has 0 saturated heterocycles. The maximum atomic E-state index is 11.7. The third-order valence-corrected chi connectivity index (χ3v) is 2.55. The molecule has 3 N–H and O–H groups in total. The number of carbonyl (C=O) groups is 1. The summed E-state index contributed by atoms with van der Waals surface area (Å²) in [6.45, 7) is 7.19. The number of rotatable bonds is 5. The summed E-state index contributed by atoms with van der Waals surface area (Å²) in [4.78, 5) is 11.7. The molecule has 0 aromatic carbocycles. The van der Waals surface area contributed by atoms with E-state index in [1.165, 1.54) is 0 Å². The fourth-order valence-electron chi connectivity index (χ4n) is 1.31. The van der Waals surface area contributed by atoms with Crippen LogP contribution in [0.1, 0.15) is 27.2 Å². The van der Waals surface area contributed by atoms with Crippen molar-refractivity contribution in [2.75, 3.05) is 6.54 Å². The molecule has 0 bridgehead atoms. The molecule has 0 aliphatic heterocycles. The summed E-state index contributed by atoms with van der Waals surface area (Å²) in [5, 5.41) is 10.4. The van der Waals surface area contributed by atoms with E-state index in [1.54, 1.807) is 17.1 Å². The van der Waals surface area contributed by atoms with Gasteiger partial charge in [0.2, 0.25) is 5.91 Å². The number of hydrogen-bond donors (Lipinski definition) is 2. The Morgan fingerprint density at radius 1 is 1.53 bits per heavy atom. The predicted molar refractivity (Wildman–Crippen MR) is 65.1 cm³/mol. The van der Waals surface area contributed by atoms with E-state index in [9.17, 15) is 4.79 Å². The van der Waals surface area contributed by atoms with Gasteiger partial charge in [-0.2, -0.15) is 0 Å². The topological polar surface area (TPSA) is 85.8 Å². The van der Waals surface area contributed by atoms with Gasteiger partial charge in [0.15, 0.2) is 0 Å². The zero-order valence-corrected chi connectivity index (χ0v) is 10.7. The lowest BCUT2D eigenvalue weighted by Gasteiger charge is -2.25. The highest BCUT2D eigenvalue weighted by Gasteiger charge is 2.26. The van der Waals surface area contributed by atoms with Crippen LogP contribution in [0.2, 0.25) is 0 Å². The number of nitrogens with zero attached hydrogens (tertiary/aromatic N) is 3. The number of aryl methyl sites for hydroxylation is 1. The Morgan fingerprint density at radius 3 is 2.76 bits per heavy atom. The normalized spacial score (nSPS) is 13.4. The number of nitrogens with one attached hydrogen (secondary N) is 1. The second kappa shape index (κ2) is 5.77. The van der Waals surface area contributed by atoms with E-state index in [4.69, 9.17) is 5.73 Å². The lowest BCUT2D eigenvalue weighted by molar-refractivity contribution is -0.124. The van der Waals surface area contributed by atoms with Crippen molar-refractivity contribution in [3.8, 4) is 0 Å². The van der Waals surface area contributed by atoms with Crippen molar-refractivity contribution in [1.29, 1.82) is 0 Å². The molecule has 96 valence electrons.